The van der Waals surface area contributed by atoms with Crippen LogP contribution < -0.4 is 10.1 Å². The van der Waals surface area contributed by atoms with E-state index in [0.717, 1.165) is 5.56 Å². The van der Waals surface area contributed by atoms with Gasteiger partial charge >= 0.3 is 5.97 Å². The quantitative estimate of drug-likeness (QED) is 0.824. The van der Waals surface area contributed by atoms with E-state index in [1.165, 1.54) is 20.2 Å². The SMILES string of the molecule is CCOc1c(C)cc(C(=O)OC)cc1C(=O)NC. The Balaban J connectivity index is 3.36. The highest BCUT2D eigenvalue weighted by Gasteiger charge is 2.18. The Bertz CT molecular complexity index is 468. The zero-order valence-electron chi connectivity index (χ0n) is 11.0. The fraction of sp³-hybridized carbons (Fsp3) is 0.385. The van der Waals surface area contributed by atoms with Crippen LogP contribution in [0, 0.1) is 6.92 Å². The Kier molecular flexibility index (Phi) is 4.71. The largest absolute Gasteiger partial charge is 0.493 e. The summed E-state index contributed by atoms with van der Waals surface area (Å²) in [5.41, 5.74) is 1.38. The standard InChI is InChI=1S/C13H17NO4/c1-5-18-11-8(2)6-9(13(16)17-4)7-10(11)12(15)14-3/h6-7H,5H2,1-4H3,(H,14,15). The van der Waals surface area contributed by atoms with Gasteiger partial charge in [0.1, 0.15) is 5.75 Å². The predicted molar refractivity (Wildman–Crippen MR) is 67.1 cm³/mol. The van der Waals surface area contributed by atoms with Crippen LogP contribution in [0.15, 0.2) is 12.1 Å². The van der Waals surface area contributed by atoms with Gasteiger partial charge in [0, 0.05) is 7.05 Å². The van der Waals surface area contributed by atoms with Crippen molar-refractivity contribution in [1.29, 1.82) is 0 Å². The number of hydrogen-bond donors (Lipinski definition) is 1. The average Bonchev–Trinajstić information content (AvgIpc) is 2.39. The van der Waals surface area contributed by atoms with E-state index in [0.29, 0.717) is 23.5 Å². The van der Waals surface area contributed by atoms with E-state index in [4.69, 9.17) is 4.74 Å². The molecule has 0 aliphatic heterocycles. The highest BCUT2D eigenvalue weighted by atomic mass is 16.5. The highest BCUT2D eigenvalue weighted by molar-refractivity contribution is 6.00. The first-order chi connectivity index (χ1) is 8.54. The smallest absolute Gasteiger partial charge is 0.337 e. The van der Waals surface area contributed by atoms with Gasteiger partial charge in [0.15, 0.2) is 0 Å². The minimum Gasteiger partial charge on any atom is -0.493 e. The Labute approximate surface area is 106 Å². The molecule has 1 aromatic carbocycles. The lowest BCUT2D eigenvalue weighted by atomic mass is 10.0. The van der Waals surface area contributed by atoms with Crippen LogP contribution in [0.5, 0.6) is 5.75 Å². The lowest BCUT2D eigenvalue weighted by molar-refractivity contribution is 0.0600. The van der Waals surface area contributed by atoms with Gasteiger partial charge < -0.3 is 14.8 Å². The van der Waals surface area contributed by atoms with Crippen LogP contribution in [0.4, 0.5) is 0 Å². The average molecular weight is 251 g/mol. The number of aryl methyl sites for hydroxylation is 1. The number of carbonyl (C=O) groups excluding carboxylic acids is 2. The topological polar surface area (TPSA) is 64.6 Å². The Hall–Kier alpha value is -2.04. The van der Waals surface area contributed by atoms with Crippen molar-refractivity contribution in [2.24, 2.45) is 0 Å². The van der Waals surface area contributed by atoms with Gasteiger partial charge in [0.05, 0.1) is 24.8 Å². The van der Waals surface area contributed by atoms with Gasteiger partial charge in [-0.25, -0.2) is 4.79 Å². The molecule has 1 rings (SSSR count). The summed E-state index contributed by atoms with van der Waals surface area (Å²) in [5, 5.41) is 2.52. The molecule has 0 radical (unpaired) electrons. The third kappa shape index (κ3) is 2.80. The second-order valence-corrected chi connectivity index (χ2v) is 3.67. The molecule has 0 atom stereocenters. The molecular weight excluding hydrogens is 234 g/mol. The van der Waals surface area contributed by atoms with E-state index >= 15 is 0 Å². The summed E-state index contributed by atoms with van der Waals surface area (Å²) in [6.45, 7) is 4.06. The summed E-state index contributed by atoms with van der Waals surface area (Å²) in [7, 11) is 2.83. The first-order valence-electron chi connectivity index (χ1n) is 5.63. The van der Waals surface area contributed by atoms with Gasteiger partial charge in [0.2, 0.25) is 0 Å². The molecule has 0 spiro atoms. The van der Waals surface area contributed by atoms with Gasteiger partial charge in [-0.2, -0.15) is 0 Å². The van der Waals surface area contributed by atoms with Crippen LogP contribution in [0.2, 0.25) is 0 Å². The van der Waals surface area contributed by atoms with E-state index in [9.17, 15) is 9.59 Å². The second-order valence-electron chi connectivity index (χ2n) is 3.67. The van der Waals surface area contributed by atoms with Crippen molar-refractivity contribution in [3.05, 3.63) is 28.8 Å². The molecule has 1 N–H and O–H groups in total. The normalized spacial score (nSPS) is 9.78. The summed E-state index contributed by atoms with van der Waals surface area (Å²) in [5.74, 6) is -0.289. The molecule has 18 heavy (non-hydrogen) atoms. The van der Waals surface area contributed by atoms with Crippen molar-refractivity contribution in [2.45, 2.75) is 13.8 Å². The van der Waals surface area contributed by atoms with Crippen LogP contribution >= 0.6 is 0 Å². The number of esters is 1. The zero-order valence-corrected chi connectivity index (χ0v) is 11.0. The number of benzene rings is 1. The van der Waals surface area contributed by atoms with Crippen molar-refractivity contribution in [3.8, 4) is 5.75 Å². The molecule has 0 unspecified atom stereocenters. The van der Waals surface area contributed by atoms with Crippen molar-refractivity contribution in [1.82, 2.24) is 5.32 Å². The number of hydrogen-bond acceptors (Lipinski definition) is 4. The molecule has 1 amide bonds. The maximum absolute atomic E-state index is 11.8. The fourth-order valence-corrected chi connectivity index (χ4v) is 1.65. The summed E-state index contributed by atoms with van der Waals surface area (Å²) in [4.78, 5) is 23.3. The fourth-order valence-electron chi connectivity index (χ4n) is 1.65. The first kappa shape index (κ1) is 14.0. The van der Waals surface area contributed by atoms with Crippen LogP contribution in [0.1, 0.15) is 33.2 Å². The first-order valence-corrected chi connectivity index (χ1v) is 5.63. The minimum atomic E-state index is -0.480. The Morgan fingerprint density at radius 1 is 1.33 bits per heavy atom. The van der Waals surface area contributed by atoms with E-state index in [1.807, 2.05) is 6.92 Å². The molecular formula is C13H17NO4. The summed E-state index contributed by atoms with van der Waals surface area (Å²) < 4.78 is 10.1. The Morgan fingerprint density at radius 2 is 2.00 bits per heavy atom. The van der Waals surface area contributed by atoms with Crippen LogP contribution in [0.25, 0.3) is 0 Å². The van der Waals surface area contributed by atoms with E-state index in [1.54, 1.807) is 13.0 Å². The number of nitrogens with one attached hydrogen (secondary N) is 1. The van der Waals surface area contributed by atoms with E-state index < -0.39 is 5.97 Å². The molecule has 0 saturated carbocycles. The molecule has 98 valence electrons. The second kappa shape index (κ2) is 6.05. The molecule has 0 bridgehead atoms. The molecule has 5 heteroatoms. The monoisotopic (exact) mass is 251 g/mol. The Morgan fingerprint density at radius 3 is 2.50 bits per heavy atom. The molecule has 0 aromatic heterocycles. The van der Waals surface area contributed by atoms with Crippen molar-refractivity contribution in [2.75, 3.05) is 20.8 Å². The minimum absolute atomic E-state index is 0.299. The number of rotatable bonds is 4. The van der Waals surface area contributed by atoms with Crippen LogP contribution in [-0.4, -0.2) is 32.6 Å². The van der Waals surface area contributed by atoms with Gasteiger partial charge in [-0.05, 0) is 31.5 Å². The van der Waals surface area contributed by atoms with E-state index in [-0.39, 0.29) is 5.91 Å². The number of methoxy groups -OCH3 is 1. The third-order valence-electron chi connectivity index (χ3n) is 2.46. The number of amides is 1. The lowest BCUT2D eigenvalue weighted by Crippen LogP contribution is -2.20. The number of carbonyl (C=O) groups is 2. The molecule has 0 aliphatic rings. The van der Waals surface area contributed by atoms with Crippen LogP contribution in [-0.2, 0) is 4.74 Å². The summed E-state index contributed by atoms with van der Waals surface area (Å²) >= 11 is 0. The van der Waals surface area contributed by atoms with Gasteiger partial charge in [-0.3, -0.25) is 4.79 Å². The number of ether oxygens (including phenoxy) is 2. The zero-order chi connectivity index (χ0) is 13.7. The molecule has 0 fully saturated rings. The van der Waals surface area contributed by atoms with Crippen molar-refractivity contribution >= 4 is 11.9 Å². The van der Waals surface area contributed by atoms with Gasteiger partial charge in [0.25, 0.3) is 5.91 Å². The maximum Gasteiger partial charge on any atom is 0.337 e. The molecule has 0 aliphatic carbocycles. The summed E-state index contributed by atoms with van der Waals surface area (Å²) in [6.07, 6.45) is 0. The highest BCUT2D eigenvalue weighted by Crippen LogP contribution is 2.26. The molecule has 0 saturated heterocycles. The third-order valence-corrected chi connectivity index (χ3v) is 2.46. The molecule has 0 heterocycles. The van der Waals surface area contributed by atoms with E-state index in [2.05, 4.69) is 10.1 Å². The maximum atomic E-state index is 11.8. The van der Waals surface area contributed by atoms with Gasteiger partial charge in [-0.15, -0.1) is 0 Å². The van der Waals surface area contributed by atoms with Gasteiger partial charge in [-0.1, -0.05) is 0 Å². The van der Waals surface area contributed by atoms with Crippen LogP contribution in [0.3, 0.4) is 0 Å². The predicted octanol–water partition coefficient (Wildman–Crippen LogP) is 1.54. The molecule has 5 nitrogen and oxygen atoms in total. The lowest BCUT2D eigenvalue weighted by Gasteiger charge is -2.13. The molecule has 1 aromatic rings. The van der Waals surface area contributed by atoms with Crippen molar-refractivity contribution < 1.29 is 19.1 Å². The summed E-state index contributed by atoms with van der Waals surface area (Å²) in [6, 6.07) is 3.12. The van der Waals surface area contributed by atoms with Crippen molar-refractivity contribution in [3.63, 3.8) is 0 Å².